The van der Waals surface area contributed by atoms with Gasteiger partial charge < -0.3 is 14.7 Å². The van der Waals surface area contributed by atoms with Gasteiger partial charge in [-0.15, -0.1) is 0 Å². The van der Waals surface area contributed by atoms with Crippen LogP contribution in [0.4, 0.5) is 8.78 Å². The van der Waals surface area contributed by atoms with E-state index < -0.39 is 28.4 Å². The van der Waals surface area contributed by atoms with Gasteiger partial charge in [-0.05, 0) is 25.3 Å². The first kappa shape index (κ1) is 18.8. The van der Waals surface area contributed by atoms with Crippen LogP contribution in [0.3, 0.4) is 0 Å². The van der Waals surface area contributed by atoms with Crippen LogP contribution in [-0.2, 0) is 19.7 Å². The van der Waals surface area contributed by atoms with E-state index in [0.717, 1.165) is 18.9 Å². The Morgan fingerprint density at radius 1 is 1.23 bits per heavy atom. The van der Waals surface area contributed by atoms with Gasteiger partial charge in [0.1, 0.15) is 17.0 Å². The summed E-state index contributed by atoms with van der Waals surface area (Å²) in [7, 11) is 1.43. The predicted molar refractivity (Wildman–Crippen MR) is 89.6 cm³/mol. The summed E-state index contributed by atoms with van der Waals surface area (Å²) in [5, 5.41) is 9.60. The third kappa shape index (κ3) is 2.98. The van der Waals surface area contributed by atoms with Crippen LogP contribution in [0.5, 0.6) is 0 Å². The van der Waals surface area contributed by atoms with Crippen LogP contribution in [0.1, 0.15) is 37.7 Å². The van der Waals surface area contributed by atoms with Crippen LogP contribution in [0.15, 0.2) is 18.2 Å². The number of amides is 1. The summed E-state index contributed by atoms with van der Waals surface area (Å²) in [5.41, 5.74) is -1.97. The standard InChI is InChI=1S/C19H23F2NO4/c1-26-12-18(17(24)25)8-9-22(11-18)16(23)19(6-2-3-7-19)14-5-4-13(20)10-15(14)21/h4-5,10H,2-3,6-9,11-12H2,1H3,(H,24,25). The van der Waals surface area contributed by atoms with Crippen molar-refractivity contribution in [1.29, 1.82) is 0 Å². The molecule has 1 aliphatic carbocycles. The lowest BCUT2D eigenvalue weighted by atomic mass is 9.77. The number of halogens is 2. The molecule has 3 rings (SSSR count). The highest BCUT2D eigenvalue weighted by molar-refractivity contribution is 5.90. The third-order valence-electron chi connectivity index (χ3n) is 5.83. The molecule has 0 radical (unpaired) electrons. The number of carboxylic acids is 1. The lowest BCUT2D eigenvalue weighted by Crippen LogP contribution is -2.47. The zero-order chi connectivity index (χ0) is 18.9. The second-order valence-electron chi connectivity index (χ2n) is 7.41. The second-order valence-corrected chi connectivity index (χ2v) is 7.41. The first-order chi connectivity index (χ1) is 12.3. The molecule has 1 N–H and O–H groups in total. The largest absolute Gasteiger partial charge is 0.481 e. The molecule has 2 aliphatic rings. The Morgan fingerprint density at radius 3 is 2.50 bits per heavy atom. The van der Waals surface area contributed by atoms with Crippen LogP contribution in [0, 0.1) is 17.0 Å². The summed E-state index contributed by atoms with van der Waals surface area (Å²) >= 11 is 0. The van der Waals surface area contributed by atoms with E-state index in [4.69, 9.17) is 4.74 Å². The summed E-state index contributed by atoms with van der Waals surface area (Å²) in [6.45, 7) is 0.350. The van der Waals surface area contributed by atoms with Gasteiger partial charge >= 0.3 is 5.97 Å². The van der Waals surface area contributed by atoms with Crippen molar-refractivity contribution >= 4 is 11.9 Å². The zero-order valence-corrected chi connectivity index (χ0v) is 14.8. The lowest BCUT2D eigenvalue weighted by molar-refractivity contribution is -0.152. The molecule has 1 saturated heterocycles. The van der Waals surface area contributed by atoms with E-state index in [1.165, 1.54) is 24.1 Å². The summed E-state index contributed by atoms with van der Waals surface area (Å²) in [5.74, 6) is -2.67. The summed E-state index contributed by atoms with van der Waals surface area (Å²) in [6.07, 6.45) is 2.81. The topological polar surface area (TPSA) is 66.8 Å². The van der Waals surface area contributed by atoms with Crippen LogP contribution < -0.4 is 0 Å². The van der Waals surface area contributed by atoms with Crippen molar-refractivity contribution in [1.82, 2.24) is 4.90 Å². The molecular weight excluding hydrogens is 344 g/mol. The monoisotopic (exact) mass is 367 g/mol. The molecule has 1 unspecified atom stereocenters. The molecule has 0 aromatic heterocycles. The molecule has 1 saturated carbocycles. The highest BCUT2D eigenvalue weighted by Crippen LogP contribution is 2.45. The van der Waals surface area contributed by atoms with Gasteiger partial charge in [0, 0.05) is 31.8 Å². The normalized spacial score (nSPS) is 24.8. The fourth-order valence-electron chi connectivity index (χ4n) is 4.43. The third-order valence-corrected chi connectivity index (χ3v) is 5.83. The zero-order valence-electron chi connectivity index (χ0n) is 14.8. The quantitative estimate of drug-likeness (QED) is 0.869. The molecule has 1 heterocycles. The predicted octanol–water partition coefficient (Wildman–Crippen LogP) is 2.73. The van der Waals surface area contributed by atoms with E-state index in [2.05, 4.69) is 0 Å². The lowest BCUT2D eigenvalue weighted by Gasteiger charge is -2.34. The maximum Gasteiger partial charge on any atom is 0.313 e. The van der Waals surface area contributed by atoms with E-state index in [1.807, 2.05) is 0 Å². The van der Waals surface area contributed by atoms with Crippen LogP contribution in [0.25, 0.3) is 0 Å². The van der Waals surface area contributed by atoms with Gasteiger partial charge in [0.15, 0.2) is 0 Å². The molecule has 1 aromatic rings. The number of benzene rings is 1. The highest BCUT2D eigenvalue weighted by Gasteiger charge is 2.52. The minimum atomic E-state index is -1.13. The van der Waals surface area contributed by atoms with Gasteiger partial charge in [-0.25, -0.2) is 8.78 Å². The molecule has 142 valence electrons. The number of nitrogens with zero attached hydrogens (tertiary/aromatic N) is 1. The van der Waals surface area contributed by atoms with Gasteiger partial charge in [0.25, 0.3) is 0 Å². The molecular formula is C19H23F2NO4. The Hall–Kier alpha value is -2.02. The number of carbonyl (C=O) groups is 2. The van der Waals surface area contributed by atoms with Gasteiger partial charge in [-0.2, -0.15) is 0 Å². The molecule has 0 spiro atoms. The van der Waals surface area contributed by atoms with Crippen LogP contribution >= 0.6 is 0 Å². The fraction of sp³-hybridized carbons (Fsp3) is 0.579. The Kier molecular flexibility index (Phi) is 5.01. The van der Waals surface area contributed by atoms with Crippen molar-refractivity contribution in [2.24, 2.45) is 5.41 Å². The summed E-state index contributed by atoms with van der Waals surface area (Å²) in [4.78, 5) is 26.6. The molecule has 5 nitrogen and oxygen atoms in total. The number of carbonyl (C=O) groups excluding carboxylic acids is 1. The van der Waals surface area contributed by atoms with Crippen molar-refractivity contribution in [3.8, 4) is 0 Å². The molecule has 1 aromatic carbocycles. The Morgan fingerprint density at radius 2 is 1.92 bits per heavy atom. The van der Waals surface area contributed by atoms with Crippen molar-refractivity contribution in [3.63, 3.8) is 0 Å². The molecule has 0 bridgehead atoms. The number of aliphatic carboxylic acids is 1. The SMILES string of the molecule is COCC1(C(=O)O)CCN(C(=O)C2(c3ccc(F)cc3F)CCCC2)C1. The smallest absolute Gasteiger partial charge is 0.313 e. The van der Waals surface area contributed by atoms with Crippen molar-refractivity contribution in [2.45, 2.75) is 37.5 Å². The number of rotatable bonds is 5. The van der Waals surface area contributed by atoms with E-state index in [9.17, 15) is 23.5 Å². The van der Waals surface area contributed by atoms with E-state index in [0.29, 0.717) is 25.8 Å². The van der Waals surface area contributed by atoms with Gasteiger partial charge in [0.2, 0.25) is 5.91 Å². The Balaban J connectivity index is 1.92. The first-order valence-electron chi connectivity index (χ1n) is 8.82. The van der Waals surface area contributed by atoms with E-state index >= 15 is 0 Å². The van der Waals surface area contributed by atoms with Gasteiger partial charge in [-0.3, -0.25) is 9.59 Å². The number of ether oxygens (including phenoxy) is 1. The van der Waals surface area contributed by atoms with Crippen molar-refractivity contribution in [3.05, 3.63) is 35.4 Å². The number of likely N-dealkylation sites (tertiary alicyclic amines) is 1. The second kappa shape index (κ2) is 6.95. The Bertz CT molecular complexity index is 717. The van der Waals surface area contributed by atoms with Crippen molar-refractivity contribution < 1.29 is 28.2 Å². The Labute approximate surface area is 150 Å². The minimum absolute atomic E-state index is 0.0179. The minimum Gasteiger partial charge on any atom is -0.481 e. The number of hydrogen-bond donors (Lipinski definition) is 1. The van der Waals surface area contributed by atoms with Crippen molar-refractivity contribution in [2.75, 3.05) is 26.8 Å². The highest BCUT2D eigenvalue weighted by atomic mass is 19.1. The average molecular weight is 367 g/mol. The molecule has 2 fully saturated rings. The van der Waals surface area contributed by atoms with Gasteiger partial charge in [-0.1, -0.05) is 18.9 Å². The first-order valence-corrected chi connectivity index (χ1v) is 8.82. The molecule has 26 heavy (non-hydrogen) atoms. The number of hydrogen-bond acceptors (Lipinski definition) is 3. The molecule has 7 heteroatoms. The summed E-state index contributed by atoms with van der Waals surface area (Å²) in [6, 6.07) is 3.32. The van der Waals surface area contributed by atoms with Crippen LogP contribution in [-0.4, -0.2) is 48.7 Å². The number of methoxy groups -OCH3 is 1. The van der Waals surface area contributed by atoms with E-state index in [1.54, 1.807) is 0 Å². The molecule has 1 aliphatic heterocycles. The maximum absolute atomic E-state index is 14.5. The van der Waals surface area contributed by atoms with E-state index in [-0.39, 0.29) is 24.6 Å². The average Bonchev–Trinajstić information content (AvgIpc) is 3.23. The molecule has 1 amide bonds. The summed E-state index contributed by atoms with van der Waals surface area (Å²) < 4.78 is 32.9. The van der Waals surface area contributed by atoms with Crippen LogP contribution in [0.2, 0.25) is 0 Å². The maximum atomic E-state index is 14.5. The fourth-order valence-corrected chi connectivity index (χ4v) is 4.43. The number of carboxylic acid groups (broad SMARTS) is 1. The van der Waals surface area contributed by atoms with Gasteiger partial charge in [0.05, 0.1) is 12.0 Å². The molecule has 1 atom stereocenters.